The van der Waals surface area contributed by atoms with Crippen molar-refractivity contribution in [2.24, 2.45) is 5.73 Å². The molecule has 0 rings (SSSR count). The molecule has 1 atom stereocenters. The zero-order valence-corrected chi connectivity index (χ0v) is 8.26. The molecule has 1 unspecified atom stereocenters. The first-order chi connectivity index (χ1) is 2.64. The summed E-state index contributed by atoms with van der Waals surface area (Å²) in [5, 5.41) is 0. The standard InChI is InChI=1S/C3H9GeNO/c1-2(4)3(5)6/h2H,1,4H3,(H2,5,6). The minimum absolute atomic E-state index is 0.157. The second-order valence-electron chi connectivity index (χ2n) is 1.56. The van der Waals surface area contributed by atoms with Crippen LogP contribution in [0, 0.1) is 0 Å². The maximum atomic E-state index is 9.97. The van der Waals surface area contributed by atoms with Crippen molar-refractivity contribution in [3.8, 4) is 0 Å². The zero-order chi connectivity index (χ0) is 5.15. The summed E-state index contributed by atoms with van der Waals surface area (Å²) in [7, 11) is 0. The molecule has 0 bridgehead atoms. The Labute approximate surface area is 45.3 Å². The molecule has 0 aliphatic heterocycles. The number of primary amides is 1. The number of hydrogen-bond acceptors (Lipinski definition) is 1. The molecule has 3 heteroatoms. The Morgan fingerprint density at radius 2 is 2.17 bits per heavy atom. The average molecular weight is 148 g/mol. The van der Waals surface area contributed by atoms with Crippen LogP contribution < -0.4 is 5.73 Å². The molecule has 0 aromatic rings. The Bertz CT molecular complexity index is 61.8. The monoisotopic (exact) mass is 149 g/mol. The van der Waals surface area contributed by atoms with Crippen molar-refractivity contribution >= 4 is 22.4 Å². The van der Waals surface area contributed by atoms with Gasteiger partial charge in [-0.25, -0.2) is 0 Å². The summed E-state index contributed by atoms with van der Waals surface area (Å²) in [6, 6.07) is 0. The maximum absolute atomic E-state index is 9.97. The van der Waals surface area contributed by atoms with Gasteiger partial charge in [-0.15, -0.1) is 0 Å². The fourth-order valence-corrected chi connectivity index (χ4v) is 0. The summed E-state index contributed by atoms with van der Waals surface area (Å²) in [4.78, 5) is 9.97. The van der Waals surface area contributed by atoms with Crippen molar-refractivity contribution in [2.45, 2.75) is 11.7 Å². The van der Waals surface area contributed by atoms with Gasteiger partial charge in [0.1, 0.15) is 0 Å². The molecule has 0 aliphatic rings. The SMILES string of the molecule is C[CH]([GeH3])C(N)=O. The molecule has 6 heavy (non-hydrogen) atoms. The summed E-state index contributed by atoms with van der Waals surface area (Å²) in [6.07, 6.45) is 0. The third kappa shape index (κ3) is 2.26. The van der Waals surface area contributed by atoms with Crippen molar-refractivity contribution in [2.75, 3.05) is 0 Å². The molecule has 0 saturated heterocycles. The van der Waals surface area contributed by atoms with Crippen molar-refractivity contribution in [3.63, 3.8) is 0 Å². The average Bonchev–Trinajstić information content (AvgIpc) is 1.36. The van der Waals surface area contributed by atoms with Crippen LogP contribution in [0.1, 0.15) is 6.92 Å². The van der Waals surface area contributed by atoms with Gasteiger partial charge in [0.15, 0.2) is 0 Å². The van der Waals surface area contributed by atoms with E-state index in [9.17, 15) is 4.79 Å². The molecule has 0 aromatic carbocycles. The quantitative estimate of drug-likeness (QED) is 0.458. The summed E-state index contributed by atoms with van der Waals surface area (Å²) in [5.74, 6) is -0.157. The van der Waals surface area contributed by atoms with Gasteiger partial charge in [0.25, 0.3) is 0 Å². The molecule has 2 N–H and O–H groups in total. The Hall–Kier alpha value is 0.0129. The van der Waals surface area contributed by atoms with Gasteiger partial charge in [0.05, 0.1) is 0 Å². The molecule has 0 fully saturated rings. The van der Waals surface area contributed by atoms with E-state index < -0.39 is 0 Å². The first-order valence-electron chi connectivity index (χ1n) is 1.94. The number of amides is 1. The molecule has 0 aromatic heterocycles. The van der Waals surface area contributed by atoms with Gasteiger partial charge in [-0.2, -0.15) is 0 Å². The van der Waals surface area contributed by atoms with Crippen molar-refractivity contribution in [1.29, 1.82) is 0 Å². The molecule has 0 radical (unpaired) electrons. The summed E-state index contributed by atoms with van der Waals surface area (Å²) in [5.41, 5.74) is 4.84. The van der Waals surface area contributed by atoms with E-state index in [1.165, 1.54) is 0 Å². The van der Waals surface area contributed by atoms with Gasteiger partial charge >= 0.3 is 44.6 Å². The van der Waals surface area contributed by atoms with Crippen LogP contribution in [-0.2, 0) is 4.79 Å². The molecular weight excluding hydrogens is 139 g/mol. The van der Waals surface area contributed by atoms with Crippen molar-refractivity contribution in [3.05, 3.63) is 0 Å². The number of carbonyl (C=O) groups is 1. The van der Waals surface area contributed by atoms with Gasteiger partial charge in [-0.05, 0) is 0 Å². The van der Waals surface area contributed by atoms with Crippen LogP contribution in [0.5, 0.6) is 0 Å². The van der Waals surface area contributed by atoms with E-state index in [0.717, 1.165) is 0 Å². The van der Waals surface area contributed by atoms with E-state index in [1.54, 1.807) is 0 Å². The number of hydrogen-bond donors (Lipinski definition) is 1. The summed E-state index contributed by atoms with van der Waals surface area (Å²) >= 11 is 0.568. The van der Waals surface area contributed by atoms with Crippen LogP contribution >= 0.6 is 0 Å². The first-order valence-corrected chi connectivity index (χ1v) is 4.36. The van der Waals surface area contributed by atoms with Crippen LogP contribution in [0.25, 0.3) is 0 Å². The number of rotatable bonds is 1. The third-order valence-electron chi connectivity index (χ3n) is 0.569. The van der Waals surface area contributed by atoms with Crippen LogP contribution in [-0.4, -0.2) is 22.4 Å². The zero-order valence-electron chi connectivity index (χ0n) is 4.06. The molecule has 0 heterocycles. The number of carbonyl (C=O) groups excluding carboxylic acids is 1. The Kier molecular flexibility index (Phi) is 2.24. The van der Waals surface area contributed by atoms with Crippen LogP contribution in [0.2, 0.25) is 4.75 Å². The molecule has 1 amide bonds. The molecule has 0 saturated carbocycles. The van der Waals surface area contributed by atoms with Gasteiger partial charge in [-0.1, -0.05) is 0 Å². The molecule has 0 spiro atoms. The van der Waals surface area contributed by atoms with E-state index >= 15 is 0 Å². The van der Waals surface area contributed by atoms with Gasteiger partial charge < -0.3 is 0 Å². The van der Waals surface area contributed by atoms with Crippen LogP contribution in [0.3, 0.4) is 0 Å². The number of nitrogens with two attached hydrogens (primary N) is 1. The molecule has 0 aliphatic carbocycles. The van der Waals surface area contributed by atoms with Crippen LogP contribution in [0.4, 0.5) is 0 Å². The second-order valence-corrected chi connectivity index (χ2v) is 5.19. The Balaban J connectivity index is 3.26. The molecule has 36 valence electrons. The summed E-state index contributed by atoms with van der Waals surface area (Å²) in [6.45, 7) is 1.85. The second kappa shape index (κ2) is 2.23. The molecular formula is C3H9GeNO. The minimum atomic E-state index is -0.157. The topological polar surface area (TPSA) is 43.1 Å². The van der Waals surface area contributed by atoms with Crippen molar-refractivity contribution < 1.29 is 4.79 Å². The van der Waals surface area contributed by atoms with E-state index in [0.29, 0.717) is 16.5 Å². The van der Waals surface area contributed by atoms with E-state index in [4.69, 9.17) is 5.73 Å². The van der Waals surface area contributed by atoms with E-state index in [2.05, 4.69) is 0 Å². The fourth-order valence-electron chi connectivity index (χ4n) is 0. The normalized spacial score (nSPS) is 14.2. The first kappa shape index (κ1) is 6.01. The van der Waals surface area contributed by atoms with E-state index in [-0.39, 0.29) is 10.7 Å². The van der Waals surface area contributed by atoms with E-state index in [1.807, 2.05) is 6.92 Å². The Morgan fingerprint density at radius 1 is 2.00 bits per heavy atom. The predicted octanol–water partition coefficient (Wildman–Crippen LogP) is -1.35. The summed E-state index contributed by atoms with van der Waals surface area (Å²) < 4.78 is 0.178. The fraction of sp³-hybridized carbons (Fsp3) is 0.667. The van der Waals surface area contributed by atoms with Gasteiger partial charge in [0, 0.05) is 0 Å². The molecule has 2 nitrogen and oxygen atoms in total. The predicted molar refractivity (Wildman–Crippen MR) is 28.6 cm³/mol. The van der Waals surface area contributed by atoms with Gasteiger partial charge in [0.2, 0.25) is 0 Å². The van der Waals surface area contributed by atoms with Crippen molar-refractivity contribution in [1.82, 2.24) is 0 Å². The van der Waals surface area contributed by atoms with Crippen LogP contribution in [0.15, 0.2) is 0 Å². The third-order valence-corrected chi connectivity index (χ3v) is 1.76. The van der Waals surface area contributed by atoms with Gasteiger partial charge in [-0.3, -0.25) is 0 Å². The Morgan fingerprint density at radius 3 is 2.17 bits per heavy atom.